The monoisotopic (exact) mass is 233 g/mol. The van der Waals surface area contributed by atoms with E-state index < -0.39 is 16.4 Å². The fourth-order valence-corrected chi connectivity index (χ4v) is 4.29. The van der Waals surface area contributed by atoms with Crippen LogP contribution < -0.4 is 5.32 Å². The third-order valence-corrected chi connectivity index (χ3v) is 6.26. The maximum atomic E-state index is 14.5. The molecule has 1 saturated heterocycles. The first kappa shape index (κ1) is 11.0. The van der Waals surface area contributed by atoms with Crippen LogP contribution >= 0.6 is 10.4 Å². The summed E-state index contributed by atoms with van der Waals surface area (Å²) >= 11 is 0. The second kappa shape index (κ2) is 3.51. The SMILES string of the molecule is CC1C=C2CCC(C)S(C)(F)C2=C(F)N1. The van der Waals surface area contributed by atoms with Crippen LogP contribution in [0.5, 0.6) is 0 Å². The molecule has 0 amide bonds. The third kappa shape index (κ3) is 1.69. The van der Waals surface area contributed by atoms with Crippen molar-refractivity contribution in [2.75, 3.05) is 6.26 Å². The van der Waals surface area contributed by atoms with Crippen LogP contribution in [0.2, 0.25) is 0 Å². The molecule has 2 rings (SSSR count). The average molecular weight is 233 g/mol. The largest absolute Gasteiger partial charge is 0.355 e. The summed E-state index contributed by atoms with van der Waals surface area (Å²) in [5.41, 5.74) is 0.886. The van der Waals surface area contributed by atoms with Crippen molar-refractivity contribution < 1.29 is 8.28 Å². The number of nitrogens with one attached hydrogen (secondary N) is 1. The Bertz CT molecular complexity index is 346. The van der Waals surface area contributed by atoms with Crippen molar-refractivity contribution in [1.82, 2.24) is 5.32 Å². The molecule has 4 heteroatoms. The maximum Gasteiger partial charge on any atom is 0.202 e. The van der Waals surface area contributed by atoms with Gasteiger partial charge in [0, 0.05) is 11.3 Å². The molecular formula is C11H17F2NS. The lowest BCUT2D eigenvalue weighted by Gasteiger charge is -2.42. The van der Waals surface area contributed by atoms with E-state index in [2.05, 4.69) is 5.32 Å². The highest BCUT2D eigenvalue weighted by Gasteiger charge is 2.40. The van der Waals surface area contributed by atoms with Gasteiger partial charge in [0.1, 0.15) is 0 Å². The maximum absolute atomic E-state index is 14.5. The van der Waals surface area contributed by atoms with E-state index in [0.29, 0.717) is 4.91 Å². The predicted molar refractivity (Wildman–Crippen MR) is 62.1 cm³/mol. The van der Waals surface area contributed by atoms with Crippen LogP contribution in [0.1, 0.15) is 26.7 Å². The van der Waals surface area contributed by atoms with Crippen molar-refractivity contribution in [2.24, 2.45) is 0 Å². The van der Waals surface area contributed by atoms with Crippen molar-refractivity contribution >= 4 is 10.4 Å². The Balaban J connectivity index is 2.46. The van der Waals surface area contributed by atoms with Gasteiger partial charge in [0.25, 0.3) is 0 Å². The van der Waals surface area contributed by atoms with Gasteiger partial charge in [0.15, 0.2) is 0 Å². The Kier molecular flexibility index (Phi) is 2.57. The first-order valence-corrected chi connectivity index (χ1v) is 7.27. The summed E-state index contributed by atoms with van der Waals surface area (Å²) < 4.78 is 28.2. The zero-order valence-electron chi connectivity index (χ0n) is 9.31. The van der Waals surface area contributed by atoms with Crippen LogP contribution in [0, 0.1) is 0 Å². The Morgan fingerprint density at radius 2 is 2.13 bits per heavy atom. The standard InChI is InChI=1S/C11H17F2NS/c1-7-6-9-5-4-8(2)15(3,13)10(9)11(12)14-7/h6-8,14H,4-5H2,1-3H3. The molecule has 2 heterocycles. The van der Waals surface area contributed by atoms with Crippen molar-refractivity contribution in [3.05, 3.63) is 22.5 Å². The number of dihydropyridines is 1. The third-order valence-electron chi connectivity index (χ3n) is 3.27. The van der Waals surface area contributed by atoms with Gasteiger partial charge in [-0.2, -0.15) is 8.28 Å². The lowest BCUT2D eigenvalue weighted by atomic mass is 10.0. The van der Waals surface area contributed by atoms with E-state index >= 15 is 0 Å². The van der Waals surface area contributed by atoms with E-state index in [0.717, 1.165) is 18.4 Å². The van der Waals surface area contributed by atoms with Crippen LogP contribution in [0.3, 0.4) is 0 Å². The fraction of sp³-hybridized carbons (Fsp3) is 0.636. The van der Waals surface area contributed by atoms with Crippen molar-refractivity contribution in [2.45, 2.75) is 38.0 Å². The van der Waals surface area contributed by atoms with E-state index in [9.17, 15) is 8.28 Å². The highest BCUT2D eigenvalue weighted by atomic mass is 32.3. The highest BCUT2D eigenvalue weighted by molar-refractivity contribution is 8.32. The number of halogens is 2. The Morgan fingerprint density at radius 1 is 1.47 bits per heavy atom. The number of hydrogen-bond acceptors (Lipinski definition) is 1. The molecule has 0 bridgehead atoms. The molecule has 15 heavy (non-hydrogen) atoms. The molecular weight excluding hydrogens is 216 g/mol. The molecule has 1 fully saturated rings. The minimum absolute atomic E-state index is 0.0210. The Hall–Kier alpha value is -0.510. The molecule has 2 aliphatic rings. The Labute approximate surface area is 91.2 Å². The summed E-state index contributed by atoms with van der Waals surface area (Å²) in [7, 11) is -2.46. The average Bonchev–Trinajstić information content (AvgIpc) is 2.10. The summed E-state index contributed by atoms with van der Waals surface area (Å²) in [5, 5.41) is 2.64. The van der Waals surface area contributed by atoms with Gasteiger partial charge >= 0.3 is 0 Å². The molecule has 3 unspecified atom stereocenters. The number of rotatable bonds is 0. The first-order chi connectivity index (χ1) is 6.93. The molecule has 0 aromatic carbocycles. The van der Waals surface area contributed by atoms with E-state index in [1.165, 1.54) is 0 Å². The van der Waals surface area contributed by atoms with Crippen molar-refractivity contribution in [3.63, 3.8) is 0 Å². The summed E-state index contributed by atoms with van der Waals surface area (Å²) in [6.45, 7) is 3.76. The van der Waals surface area contributed by atoms with Gasteiger partial charge < -0.3 is 5.32 Å². The van der Waals surface area contributed by atoms with Gasteiger partial charge in [0.05, 0.1) is 4.91 Å². The van der Waals surface area contributed by atoms with Crippen LogP contribution in [0.25, 0.3) is 0 Å². The second-order valence-electron chi connectivity index (χ2n) is 4.50. The van der Waals surface area contributed by atoms with E-state index in [-0.39, 0.29) is 11.3 Å². The zero-order chi connectivity index (χ0) is 11.2. The molecule has 1 nitrogen and oxygen atoms in total. The second-order valence-corrected chi connectivity index (χ2v) is 7.46. The number of fused-ring (bicyclic) bond motifs is 1. The topological polar surface area (TPSA) is 12.0 Å². The minimum atomic E-state index is -2.46. The summed E-state index contributed by atoms with van der Waals surface area (Å²) in [6.07, 6.45) is 5.16. The smallest absolute Gasteiger partial charge is 0.202 e. The summed E-state index contributed by atoms with van der Waals surface area (Å²) in [6, 6.07) is -0.0210. The predicted octanol–water partition coefficient (Wildman–Crippen LogP) is 3.54. The normalized spacial score (nSPS) is 45.0. The van der Waals surface area contributed by atoms with E-state index in [4.69, 9.17) is 0 Å². The molecule has 0 aromatic rings. The van der Waals surface area contributed by atoms with Gasteiger partial charge in [-0.15, -0.1) is 0 Å². The quantitative estimate of drug-likeness (QED) is 0.631. The minimum Gasteiger partial charge on any atom is -0.355 e. The van der Waals surface area contributed by atoms with E-state index in [1.807, 2.05) is 19.9 Å². The van der Waals surface area contributed by atoms with Gasteiger partial charge in [-0.05, 0) is 31.6 Å². The lowest BCUT2D eigenvalue weighted by molar-refractivity contribution is 0.504. The molecule has 2 aliphatic heterocycles. The highest BCUT2D eigenvalue weighted by Crippen LogP contribution is 2.66. The van der Waals surface area contributed by atoms with Crippen LogP contribution in [-0.2, 0) is 0 Å². The van der Waals surface area contributed by atoms with Crippen molar-refractivity contribution in [3.8, 4) is 0 Å². The molecule has 1 N–H and O–H groups in total. The van der Waals surface area contributed by atoms with Gasteiger partial charge in [0.2, 0.25) is 5.95 Å². The van der Waals surface area contributed by atoms with Gasteiger partial charge in [-0.3, -0.25) is 0 Å². The number of hydrogen-bond donors (Lipinski definition) is 1. The first-order valence-electron chi connectivity index (χ1n) is 5.27. The van der Waals surface area contributed by atoms with Gasteiger partial charge in [-0.25, -0.2) is 0 Å². The molecule has 86 valence electrons. The molecule has 0 saturated carbocycles. The molecule has 0 aliphatic carbocycles. The number of allylic oxidation sites excluding steroid dienone is 1. The van der Waals surface area contributed by atoms with Crippen LogP contribution in [0.15, 0.2) is 22.5 Å². The Morgan fingerprint density at radius 3 is 2.80 bits per heavy atom. The molecule has 0 radical (unpaired) electrons. The van der Waals surface area contributed by atoms with Crippen LogP contribution in [0.4, 0.5) is 8.28 Å². The van der Waals surface area contributed by atoms with Crippen molar-refractivity contribution in [1.29, 1.82) is 0 Å². The van der Waals surface area contributed by atoms with Crippen LogP contribution in [-0.4, -0.2) is 17.5 Å². The molecule has 0 spiro atoms. The van der Waals surface area contributed by atoms with E-state index in [1.54, 1.807) is 6.26 Å². The summed E-state index contributed by atoms with van der Waals surface area (Å²) in [4.78, 5) is 0.333. The fourth-order valence-electron chi connectivity index (χ4n) is 2.24. The summed E-state index contributed by atoms with van der Waals surface area (Å²) in [5.74, 6) is -0.438. The molecule has 0 aromatic heterocycles. The van der Waals surface area contributed by atoms with Gasteiger partial charge in [-0.1, -0.05) is 23.4 Å². The molecule has 3 atom stereocenters. The lowest BCUT2D eigenvalue weighted by Crippen LogP contribution is -2.31. The zero-order valence-corrected chi connectivity index (χ0v) is 10.1.